The standard InChI is InChI=1S/C17H32N2O/c1-8-16(4)9-10-17(15(2)3)20-14-13-19(7)12-11-18(5)6/h8,17H,1-2,4,9-14H2,3,5-7H3. The molecule has 20 heavy (non-hydrogen) atoms. The highest BCUT2D eigenvalue weighted by Crippen LogP contribution is 2.14. The Bertz CT molecular complexity index is 310. The van der Waals surface area contributed by atoms with Crippen LogP contribution in [0.2, 0.25) is 0 Å². The van der Waals surface area contributed by atoms with E-state index in [1.165, 1.54) is 0 Å². The third kappa shape index (κ3) is 9.96. The second kappa shape index (κ2) is 10.8. The van der Waals surface area contributed by atoms with Crippen molar-refractivity contribution in [1.82, 2.24) is 9.80 Å². The van der Waals surface area contributed by atoms with Gasteiger partial charge in [0.15, 0.2) is 0 Å². The Hall–Kier alpha value is -0.900. The van der Waals surface area contributed by atoms with Gasteiger partial charge in [-0.1, -0.05) is 37.0 Å². The van der Waals surface area contributed by atoms with Crippen LogP contribution in [-0.4, -0.2) is 63.3 Å². The van der Waals surface area contributed by atoms with Crippen molar-refractivity contribution in [1.29, 1.82) is 0 Å². The van der Waals surface area contributed by atoms with E-state index in [4.69, 9.17) is 4.74 Å². The highest BCUT2D eigenvalue weighted by molar-refractivity contribution is 5.12. The van der Waals surface area contributed by atoms with E-state index in [1.807, 2.05) is 13.0 Å². The van der Waals surface area contributed by atoms with E-state index in [2.05, 4.69) is 50.7 Å². The average Bonchev–Trinajstić information content (AvgIpc) is 2.39. The predicted octanol–water partition coefficient (Wildman–Crippen LogP) is 2.96. The second-order valence-corrected chi connectivity index (χ2v) is 5.71. The van der Waals surface area contributed by atoms with Crippen molar-refractivity contribution < 1.29 is 4.74 Å². The molecule has 0 aliphatic rings. The van der Waals surface area contributed by atoms with Gasteiger partial charge in [0.25, 0.3) is 0 Å². The van der Waals surface area contributed by atoms with Gasteiger partial charge in [0, 0.05) is 19.6 Å². The molecule has 0 rings (SSSR count). The molecular formula is C17H32N2O. The normalized spacial score (nSPS) is 12.7. The third-order valence-corrected chi connectivity index (χ3v) is 3.29. The Morgan fingerprint density at radius 3 is 2.30 bits per heavy atom. The molecule has 0 aromatic carbocycles. The third-order valence-electron chi connectivity index (χ3n) is 3.29. The summed E-state index contributed by atoms with van der Waals surface area (Å²) in [6.07, 6.45) is 3.78. The first-order valence-corrected chi connectivity index (χ1v) is 7.27. The number of rotatable bonds is 12. The maximum Gasteiger partial charge on any atom is 0.0783 e. The fourth-order valence-electron chi connectivity index (χ4n) is 1.72. The van der Waals surface area contributed by atoms with Crippen LogP contribution in [0.25, 0.3) is 0 Å². The summed E-state index contributed by atoms with van der Waals surface area (Å²) in [7, 11) is 6.31. The lowest BCUT2D eigenvalue weighted by Crippen LogP contribution is -2.32. The minimum atomic E-state index is 0.119. The Balaban J connectivity index is 3.94. The Kier molecular flexibility index (Phi) is 10.3. The summed E-state index contributed by atoms with van der Waals surface area (Å²) in [4.78, 5) is 4.48. The average molecular weight is 280 g/mol. The predicted molar refractivity (Wildman–Crippen MR) is 89.2 cm³/mol. The van der Waals surface area contributed by atoms with Crippen molar-refractivity contribution in [2.24, 2.45) is 0 Å². The van der Waals surface area contributed by atoms with Crippen molar-refractivity contribution in [3.8, 4) is 0 Å². The van der Waals surface area contributed by atoms with Crippen LogP contribution in [0.5, 0.6) is 0 Å². The molecule has 3 heteroatoms. The van der Waals surface area contributed by atoms with E-state index >= 15 is 0 Å². The van der Waals surface area contributed by atoms with Gasteiger partial charge in [0.1, 0.15) is 0 Å². The lowest BCUT2D eigenvalue weighted by molar-refractivity contribution is 0.0575. The number of nitrogens with zero attached hydrogens (tertiary/aromatic N) is 2. The zero-order valence-electron chi connectivity index (χ0n) is 13.8. The van der Waals surface area contributed by atoms with E-state index in [0.717, 1.165) is 50.2 Å². The molecule has 0 fully saturated rings. The highest BCUT2D eigenvalue weighted by atomic mass is 16.5. The maximum atomic E-state index is 5.95. The van der Waals surface area contributed by atoms with Crippen LogP contribution in [0.3, 0.4) is 0 Å². The van der Waals surface area contributed by atoms with Crippen molar-refractivity contribution in [3.05, 3.63) is 37.0 Å². The van der Waals surface area contributed by atoms with Gasteiger partial charge in [0.05, 0.1) is 12.7 Å². The molecule has 0 spiro atoms. The molecule has 116 valence electrons. The topological polar surface area (TPSA) is 15.7 Å². The largest absolute Gasteiger partial charge is 0.373 e. The first-order chi connectivity index (χ1) is 9.36. The second-order valence-electron chi connectivity index (χ2n) is 5.71. The van der Waals surface area contributed by atoms with Gasteiger partial charge in [-0.25, -0.2) is 0 Å². The summed E-state index contributed by atoms with van der Waals surface area (Å²) in [6, 6.07) is 0. The summed E-state index contributed by atoms with van der Waals surface area (Å²) in [5.74, 6) is 0. The summed E-state index contributed by atoms with van der Waals surface area (Å²) < 4.78 is 5.95. The van der Waals surface area contributed by atoms with Crippen molar-refractivity contribution >= 4 is 0 Å². The van der Waals surface area contributed by atoms with Crippen molar-refractivity contribution in [2.75, 3.05) is 47.4 Å². The van der Waals surface area contributed by atoms with E-state index in [0.29, 0.717) is 0 Å². The zero-order chi connectivity index (χ0) is 15.5. The molecule has 0 saturated carbocycles. The SMILES string of the molecule is C=CC(=C)CCC(OCCN(C)CCN(C)C)C(=C)C. The molecule has 0 radical (unpaired) electrons. The minimum absolute atomic E-state index is 0.119. The number of likely N-dealkylation sites (N-methyl/N-ethyl adjacent to an activating group) is 2. The van der Waals surface area contributed by atoms with Crippen LogP contribution >= 0.6 is 0 Å². The quantitative estimate of drug-likeness (QED) is 0.404. The smallest absolute Gasteiger partial charge is 0.0783 e. The first-order valence-electron chi connectivity index (χ1n) is 7.27. The summed E-state index contributed by atoms with van der Waals surface area (Å²) in [5, 5.41) is 0. The lowest BCUT2D eigenvalue weighted by atomic mass is 10.0. The molecule has 0 heterocycles. The number of allylic oxidation sites excluding steroid dienone is 2. The molecule has 3 nitrogen and oxygen atoms in total. The highest BCUT2D eigenvalue weighted by Gasteiger charge is 2.10. The molecule has 1 atom stereocenters. The van der Waals surface area contributed by atoms with Crippen LogP contribution in [0, 0.1) is 0 Å². The Morgan fingerprint density at radius 1 is 1.15 bits per heavy atom. The van der Waals surface area contributed by atoms with Crippen LogP contribution in [0.15, 0.2) is 37.0 Å². The van der Waals surface area contributed by atoms with Crippen LogP contribution < -0.4 is 0 Å². The zero-order valence-corrected chi connectivity index (χ0v) is 13.8. The Labute approximate surface area is 125 Å². The molecule has 0 bridgehead atoms. The molecule has 0 aromatic rings. The fourth-order valence-corrected chi connectivity index (χ4v) is 1.72. The fraction of sp³-hybridized carbons (Fsp3) is 0.647. The first kappa shape index (κ1) is 19.1. The van der Waals surface area contributed by atoms with Crippen LogP contribution in [-0.2, 0) is 4.74 Å². The van der Waals surface area contributed by atoms with Gasteiger partial charge in [-0.05, 0) is 40.9 Å². The summed E-state index contributed by atoms with van der Waals surface area (Å²) in [5.41, 5.74) is 2.14. The van der Waals surface area contributed by atoms with E-state index in [-0.39, 0.29) is 6.10 Å². The van der Waals surface area contributed by atoms with Gasteiger partial charge in [-0.2, -0.15) is 0 Å². The van der Waals surface area contributed by atoms with Gasteiger partial charge in [0.2, 0.25) is 0 Å². The van der Waals surface area contributed by atoms with E-state index < -0.39 is 0 Å². The number of ether oxygens (including phenoxy) is 1. The summed E-state index contributed by atoms with van der Waals surface area (Å²) >= 11 is 0. The molecular weight excluding hydrogens is 248 g/mol. The number of hydrogen-bond donors (Lipinski definition) is 0. The monoisotopic (exact) mass is 280 g/mol. The molecule has 0 aliphatic heterocycles. The molecule has 1 unspecified atom stereocenters. The Morgan fingerprint density at radius 2 is 1.80 bits per heavy atom. The van der Waals surface area contributed by atoms with E-state index in [1.54, 1.807) is 0 Å². The molecule has 0 N–H and O–H groups in total. The van der Waals surface area contributed by atoms with E-state index in [9.17, 15) is 0 Å². The molecule has 0 aliphatic carbocycles. The van der Waals surface area contributed by atoms with Gasteiger partial charge < -0.3 is 14.5 Å². The summed E-state index contributed by atoms with van der Waals surface area (Å²) in [6.45, 7) is 17.5. The minimum Gasteiger partial charge on any atom is -0.373 e. The molecule has 0 saturated heterocycles. The van der Waals surface area contributed by atoms with Gasteiger partial charge in [-0.15, -0.1) is 0 Å². The molecule has 0 amide bonds. The van der Waals surface area contributed by atoms with Gasteiger partial charge >= 0.3 is 0 Å². The number of hydrogen-bond acceptors (Lipinski definition) is 3. The van der Waals surface area contributed by atoms with Crippen molar-refractivity contribution in [2.45, 2.75) is 25.9 Å². The molecule has 0 aromatic heterocycles. The van der Waals surface area contributed by atoms with Crippen LogP contribution in [0.1, 0.15) is 19.8 Å². The van der Waals surface area contributed by atoms with Gasteiger partial charge in [-0.3, -0.25) is 0 Å². The lowest BCUT2D eigenvalue weighted by Gasteiger charge is -2.22. The van der Waals surface area contributed by atoms with Crippen molar-refractivity contribution in [3.63, 3.8) is 0 Å². The van der Waals surface area contributed by atoms with Crippen LogP contribution in [0.4, 0.5) is 0 Å². The maximum absolute atomic E-state index is 5.95.